The molecule has 5 N–H and O–H groups in total. The maximum absolute atomic E-state index is 12.2. The van der Waals surface area contributed by atoms with Gasteiger partial charge in [-0.15, -0.1) is 0 Å². The SMILES string of the molecule is CC(=O)N[C@H]1[C@H](O[C@H]2C[C@H]([C@H](C)CCC[C@@H](C)COC(C)=O)[C@@]3(C)CC[C@H]4[C@@H](C=C[C@H]5C[C@@H](O)CC[C@@]54C)[C@H]23)O[C@H](CO)[C@@H](O)[C@@H]1O. The van der Waals surface area contributed by atoms with Gasteiger partial charge in [-0.1, -0.05) is 52.7 Å². The number of hydrogen-bond acceptors (Lipinski definition) is 9. The lowest BCUT2D eigenvalue weighted by Crippen LogP contribution is -2.65. The number of allylic oxidation sites excluding steroid dienone is 2. The van der Waals surface area contributed by atoms with Gasteiger partial charge in [0.2, 0.25) is 5.91 Å². The van der Waals surface area contributed by atoms with Gasteiger partial charge in [-0.3, -0.25) is 9.59 Å². The molecule has 0 aromatic carbocycles. The number of nitrogens with one attached hydrogen (secondary N) is 1. The molecule has 0 radical (unpaired) electrons. The molecule has 5 rings (SSSR count). The van der Waals surface area contributed by atoms with Crippen LogP contribution in [-0.2, 0) is 23.8 Å². The van der Waals surface area contributed by atoms with Crippen molar-refractivity contribution >= 4 is 11.9 Å². The predicted octanol–water partition coefficient (Wildman–Crippen LogP) is 3.73. The van der Waals surface area contributed by atoms with Crippen LogP contribution < -0.4 is 5.32 Å². The molecule has 4 fully saturated rings. The Labute approximate surface area is 281 Å². The number of carbonyl (C=O) groups excluding carboxylic acids is 2. The molecule has 0 aromatic heterocycles. The van der Waals surface area contributed by atoms with Crippen molar-refractivity contribution in [1.82, 2.24) is 5.32 Å². The van der Waals surface area contributed by atoms with Crippen molar-refractivity contribution in [3.63, 3.8) is 0 Å². The Balaban J connectivity index is 1.42. The van der Waals surface area contributed by atoms with Crippen LogP contribution >= 0.6 is 0 Å². The van der Waals surface area contributed by atoms with Gasteiger partial charge in [0.05, 0.1) is 25.4 Å². The zero-order valence-electron chi connectivity index (χ0n) is 29.3. The summed E-state index contributed by atoms with van der Waals surface area (Å²) in [6.45, 7) is 12.1. The average Bonchev–Trinajstić information content (AvgIpc) is 3.31. The molecule has 268 valence electrons. The van der Waals surface area contributed by atoms with Gasteiger partial charge in [-0.25, -0.2) is 0 Å². The van der Waals surface area contributed by atoms with Crippen LogP contribution in [0.3, 0.4) is 0 Å². The Hall–Kier alpha value is -1.56. The summed E-state index contributed by atoms with van der Waals surface area (Å²) in [5, 5.41) is 44.9. The second-order valence-electron chi connectivity index (χ2n) is 16.4. The maximum Gasteiger partial charge on any atom is 0.302 e. The van der Waals surface area contributed by atoms with E-state index in [0.29, 0.717) is 36.2 Å². The van der Waals surface area contributed by atoms with E-state index in [4.69, 9.17) is 14.2 Å². The molecule has 0 spiro atoms. The zero-order chi connectivity index (χ0) is 34.3. The minimum atomic E-state index is -1.36. The first-order valence-electron chi connectivity index (χ1n) is 18.2. The highest BCUT2D eigenvalue weighted by Crippen LogP contribution is 2.67. The molecule has 10 heteroatoms. The normalized spacial score (nSPS) is 45.7. The van der Waals surface area contributed by atoms with Crippen molar-refractivity contribution in [1.29, 1.82) is 0 Å². The Morgan fingerprint density at radius 1 is 1.00 bits per heavy atom. The van der Waals surface area contributed by atoms with E-state index < -0.39 is 37.3 Å². The van der Waals surface area contributed by atoms with Crippen LogP contribution in [0.25, 0.3) is 0 Å². The molecule has 3 saturated carbocycles. The lowest BCUT2D eigenvalue weighted by molar-refractivity contribution is -0.288. The monoisotopic (exact) mass is 663 g/mol. The minimum absolute atomic E-state index is 0.0109. The van der Waals surface area contributed by atoms with Crippen LogP contribution in [0.2, 0.25) is 0 Å². The van der Waals surface area contributed by atoms with E-state index in [2.05, 4.69) is 45.2 Å². The van der Waals surface area contributed by atoms with Gasteiger partial charge in [0.15, 0.2) is 6.29 Å². The molecule has 1 amide bonds. The first kappa shape index (κ1) is 36.7. The molecule has 5 aliphatic rings. The number of aliphatic hydroxyl groups excluding tert-OH is 4. The van der Waals surface area contributed by atoms with E-state index in [1.165, 1.54) is 13.8 Å². The fourth-order valence-corrected chi connectivity index (χ4v) is 10.8. The van der Waals surface area contributed by atoms with Gasteiger partial charge in [-0.05, 0) is 97.2 Å². The maximum atomic E-state index is 12.2. The first-order chi connectivity index (χ1) is 22.2. The van der Waals surface area contributed by atoms with Crippen molar-refractivity contribution in [3.8, 4) is 0 Å². The van der Waals surface area contributed by atoms with E-state index in [-0.39, 0.29) is 46.8 Å². The fourth-order valence-electron chi connectivity index (χ4n) is 10.8. The second kappa shape index (κ2) is 14.7. The Bertz CT molecular complexity index is 1130. The highest BCUT2D eigenvalue weighted by atomic mass is 16.7. The van der Waals surface area contributed by atoms with Crippen LogP contribution in [0.1, 0.15) is 99.3 Å². The molecular formula is C37H61NO9. The molecule has 0 aromatic rings. The second-order valence-corrected chi connectivity index (χ2v) is 16.4. The smallest absolute Gasteiger partial charge is 0.302 e. The number of aliphatic hydroxyl groups is 4. The number of amides is 1. The summed E-state index contributed by atoms with van der Waals surface area (Å²) in [5.74, 6) is 1.77. The number of fused-ring (bicyclic) bond motifs is 5. The van der Waals surface area contributed by atoms with E-state index >= 15 is 0 Å². The Morgan fingerprint density at radius 3 is 2.40 bits per heavy atom. The van der Waals surface area contributed by atoms with Crippen LogP contribution in [0.5, 0.6) is 0 Å². The highest BCUT2D eigenvalue weighted by Gasteiger charge is 2.63. The van der Waals surface area contributed by atoms with Gasteiger partial charge in [0.25, 0.3) is 0 Å². The number of hydrogen-bond donors (Lipinski definition) is 5. The standard InChI is InChI=1S/C37H61NO9/c1-20(19-45-23(4)41)8-7-9-21(2)28-17-29(46-35-32(38-22(3)40)34(44)33(43)30(18-39)47-35)31-26-11-10-24-16-25(42)12-14-36(24,5)27(26)13-15-37(28,31)6/h10-11,20-21,24-35,39,42-44H,7-9,12-19H2,1-6H3,(H,38,40)/t20-,21-,24+,25+,26-,27+,28-,29+,30-,31-,32-,33-,34-,35-,36+,37-/m1/s1. The van der Waals surface area contributed by atoms with Gasteiger partial charge >= 0.3 is 5.97 Å². The molecule has 1 aliphatic heterocycles. The third kappa shape index (κ3) is 7.34. The third-order valence-electron chi connectivity index (χ3n) is 13.3. The summed E-state index contributed by atoms with van der Waals surface area (Å²) in [6, 6.07) is -0.977. The van der Waals surface area contributed by atoms with Crippen molar-refractivity contribution in [2.75, 3.05) is 13.2 Å². The van der Waals surface area contributed by atoms with Crippen molar-refractivity contribution in [2.24, 2.45) is 52.3 Å². The molecule has 16 atom stereocenters. The Kier molecular flexibility index (Phi) is 11.5. The predicted molar refractivity (Wildman–Crippen MR) is 176 cm³/mol. The summed E-state index contributed by atoms with van der Waals surface area (Å²) in [6.07, 6.45) is 8.30. The van der Waals surface area contributed by atoms with E-state index in [1.807, 2.05) is 0 Å². The van der Waals surface area contributed by atoms with Crippen molar-refractivity contribution in [3.05, 3.63) is 12.2 Å². The highest BCUT2D eigenvalue weighted by molar-refractivity contribution is 5.73. The van der Waals surface area contributed by atoms with Crippen LogP contribution in [0.15, 0.2) is 12.2 Å². The van der Waals surface area contributed by atoms with Crippen molar-refractivity contribution < 1.29 is 44.2 Å². The largest absolute Gasteiger partial charge is 0.466 e. The lowest BCUT2D eigenvalue weighted by Gasteiger charge is -2.59. The molecule has 1 heterocycles. The summed E-state index contributed by atoms with van der Waals surface area (Å²) in [7, 11) is 0. The molecule has 1 saturated heterocycles. The molecule has 4 aliphatic carbocycles. The van der Waals surface area contributed by atoms with E-state index in [0.717, 1.165) is 57.8 Å². The number of esters is 1. The third-order valence-corrected chi connectivity index (χ3v) is 13.3. The number of ether oxygens (including phenoxy) is 3. The van der Waals surface area contributed by atoms with E-state index in [1.54, 1.807) is 0 Å². The fraction of sp³-hybridized carbons (Fsp3) is 0.892. The average molecular weight is 664 g/mol. The first-order valence-corrected chi connectivity index (χ1v) is 18.2. The molecular weight excluding hydrogens is 602 g/mol. The topological polar surface area (TPSA) is 155 Å². The van der Waals surface area contributed by atoms with Crippen molar-refractivity contribution in [2.45, 2.75) is 142 Å². The van der Waals surface area contributed by atoms with Gasteiger partial charge in [0.1, 0.15) is 24.4 Å². The van der Waals surface area contributed by atoms with Crippen LogP contribution in [0, 0.1) is 52.3 Å². The van der Waals surface area contributed by atoms with Gasteiger partial charge in [-0.2, -0.15) is 0 Å². The van der Waals surface area contributed by atoms with Gasteiger partial charge in [0, 0.05) is 13.8 Å². The minimum Gasteiger partial charge on any atom is -0.466 e. The van der Waals surface area contributed by atoms with Crippen LogP contribution in [0.4, 0.5) is 0 Å². The summed E-state index contributed by atoms with van der Waals surface area (Å²) < 4.78 is 18.3. The Morgan fingerprint density at radius 2 is 1.72 bits per heavy atom. The summed E-state index contributed by atoms with van der Waals surface area (Å²) in [5.41, 5.74) is 0.0949. The van der Waals surface area contributed by atoms with Gasteiger partial charge < -0.3 is 40.0 Å². The van der Waals surface area contributed by atoms with Crippen LogP contribution in [-0.4, -0.2) is 88.4 Å². The number of carbonyl (C=O) groups is 2. The lowest BCUT2D eigenvalue weighted by atomic mass is 9.46. The molecule has 0 bridgehead atoms. The summed E-state index contributed by atoms with van der Waals surface area (Å²) in [4.78, 5) is 23.5. The quantitative estimate of drug-likeness (QED) is 0.164. The number of rotatable bonds is 11. The summed E-state index contributed by atoms with van der Waals surface area (Å²) >= 11 is 0. The molecule has 0 unspecified atom stereocenters. The van der Waals surface area contributed by atoms with E-state index in [9.17, 15) is 30.0 Å². The zero-order valence-corrected chi connectivity index (χ0v) is 29.3. The molecule has 47 heavy (non-hydrogen) atoms. The molecule has 10 nitrogen and oxygen atoms in total.